The van der Waals surface area contributed by atoms with Crippen LogP contribution in [0.3, 0.4) is 0 Å². The normalized spacial score (nSPS) is 11.1. The fourth-order valence-corrected chi connectivity index (χ4v) is 1.68. The minimum Gasteiger partial charge on any atom is -0.444 e. The first-order chi connectivity index (χ1) is 7.26. The fourth-order valence-electron chi connectivity index (χ4n) is 1.05. The van der Waals surface area contributed by atoms with Crippen LogP contribution in [0.25, 0.3) is 0 Å². The zero-order valence-corrected chi connectivity index (χ0v) is 11.5. The number of benzene rings is 1. The third kappa shape index (κ3) is 4.78. The van der Waals surface area contributed by atoms with E-state index in [9.17, 15) is 9.18 Å². The molecule has 0 aliphatic carbocycles. The summed E-state index contributed by atoms with van der Waals surface area (Å²) in [6.45, 7) is 5.30. The van der Waals surface area contributed by atoms with Gasteiger partial charge in [-0.2, -0.15) is 0 Å². The number of amides is 1. The molecule has 0 aliphatic heterocycles. The quantitative estimate of drug-likeness (QED) is 0.792. The first kappa shape index (κ1) is 13.2. The Morgan fingerprint density at radius 2 is 2.00 bits per heavy atom. The van der Waals surface area contributed by atoms with Gasteiger partial charge < -0.3 is 4.74 Å². The number of carbonyl (C=O) groups excluding carboxylic acids is 1. The van der Waals surface area contributed by atoms with E-state index in [1.54, 1.807) is 26.8 Å². The summed E-state index contributed by atoms with van der Waals surface area (Å²) < 4.78 is 18.8. The Kier molecular flexibility index (Phi) is 4.12. The van der Waals surface area contributed by atoms with Crippen molar-refractivity contribution >= 4 is 34.4 Å². The molecule has 0 aromatic heterocycles. The van der Waals surface area contributed by atoms with E-state index in [0.717, 1.165) is 0 Å². The molecule has 1 rings (SSSR count). The lowest BCUT2D eigenvalue weighted by Gasteiger charge is -2.19. The molecule has 3 nitrogen and oxygen atoms in total. The minimum atomic E-state index is -0.589. The summed E-state index contributed by atoms with van der Waals surface area (Å²) in [5.74, 6) is -0.391. The topological polar surface area (TPSA) is 38.3 Å². The average Bonchev–Trinajstić information content (AvgIpc) is 1.96. The summed E-state index contributed by atoms with van der Waals surface area (Å²) in [5.41, 5.74) is -0.177. The van der Waals surface area contributed by atoms with Crippen molar-refractivity contribution in [3.63, 3.8) is 0 Å². The van der Waals surface area contributed by atoms with Gasteiger partial charge in [-0.1, -0.05) is 0 Å². The van der Waals surface area contributed by atoms with Gasteiger partial charge in [0.05, 0.1) is 0 Å². The molecule has 0 radical (unpaired) electrons. The van der Waals surface area contributed by atoms with Crippen LogP contribution in [-0.2, 0) is 4.74 Å². The summed E-state index contributed by atoms with van der Waals surface area (Å²) in [5, 5.41) is 2.47. The molecule has 1 aromatic carbocycles. The van der Waals surface area contributed by atoms with Crippen molar-refractivity contribution in [2.45, 2.75) is 26.4 Å². The predicted octanol–water partition coefficient (Wildman–Crippen LogP) is 3.78. The number of anilines is 1. The average molecular weight is 337 g/mol. The zero-order chi connectivity index (χ0) is 12.3. The van der Waals surface area contributed by atoms with Crippen LogP contribution < -0.4 is 5.32 Å². The van der Waals surface area contributed by atoms with E-state index >= 15 is 0 Å². The lowest BCUT2D eigenvalue weighted by molar-refractivity contribution is 0.0636. The van der Waals surface area contributed by atoms with E-state index in [1.165, 1.54) is 12.1 Å². The molecule has 0 unspecified atom stereocenters. The van der Waals surface area contributed by atoms with E-state index < -0.39 is 17.5 Å². The van der Waals surface area contributed by atoms with Crippen LogP contribution in [0.2, 0.25) is 0 Å². The highest BCUT2D eigenvalue weighted by Gasteiger charge is 2.16. The van der Waals surface area contributed by atoms with Crippen LogP contribution in [0.15, 0.2) is 18.2 Å². The number of hydrogen-bond donors (Lipinski definition) is 1. The second-order valence-corrected chi connectivity index (χ2v) is 5.53. The van der Waals surface area contributed by atoms with Crippen molar-refractivity contribution in [1.29, 1.82) is 0 Å². The lowest BCUT2D eigenvalue weighted by atomic mass is 10.2. The molecule has 0 aliphatic rings. The fraction of sp³-hybridized carbons (Fsp3) is 0.364. The Balaban J connectivity index is 2.70. The molecule has 0 bridgehead atoms. The van der Waals surface area contributed by atoms with Gasteiger partial charge in [0.2, 0.25) is 0 Å². The molecule has 0 spiro atoms. The molecule has 0 saturated carbocycles. The van der Waals surface area contributed by atoms with Crippen LogP contribution in [0.1, 0.15) is 20.8 Å². The molecule has 0 heterocycles. The molecule has 88 valence electrons. The maximum atomic E-state index is 13.0. The molecule has 0 atom stereocenters. The zero-order valence-electron chi connectivity index (χ0n) is 9.30. The van der Waals surface area contributed by atoms with E-state index in [1.807, 2.05) is 22.6 Å². The molecule has 1 N–H and O–H groups in total. The highest BCUT2D eigenvalue weighted by atomic mass is 127. The van der Waals surface area contributed by atoms with E-state index in [4.69, 9.17) is 4.74 Å². The maximum absolute atomic E-state index is 13.0. The smallest absolute Gasteiger partial charge is 0.412 e. The van der Waals surface area contributed by atoms with Gasteiger partial charge >= 0.3 is 6.09 Å². The van der Waals surface area contributed by atoms with E-state index in [2.05, 4.69) is 5.32 Å². The van der Waals surface area contributed by atoms with Crippen LogP contribution in [-0.4, -0.2) is 11.7 Å². The van der Waals surface area contributed by atoms with Gasteiger partial charge in [0.15, 0.2) is 0 Å². The van der Waals surface area contributed by atoms with Crippen molar-refractivity contribution < 1.29 is 13.9 Å². The van der Waals surface area contributed by atoms with Gasteiger partial charge in [-0.15, -0.1) is 0 Å². The Morgan fingerprint density at radius 3 is 2.50 bits per heavy atom. The number of rotatable bonds is 1. The summed E-state index contributed by atoms with van der Waals surface area (Å²) in [4.78, 5) is 11.4. The van der Waals surface area contributed by atoms with Crippen molar-refractivity contribution in [3.8, 4) is 0 Å². The van der Waals surface area contributed by atoms with Gasteiger partial charge in [-0.3, -0.25) is 5.32 Å². The number of carbonyl (C=O) groups is 1. The number of ether oxygens (including phenoxy) is 1. The first-order valence-corrected chi connectivity index (χ1v) is 5.80. The second kappa shape index (κ2) is 4.99. The van der Waals surface area contributed by atoms with Crippen molar-refractivity contribution in [1.82, 2.24) is 0 Å². The van der Waals surface area contributed by atoms with Crippen LogP contribution in [0.5, 0.6) is 0 Å². The maximum Gasteiger partial charge on any atom is 0.412 e. The second-order valence-electron chi connectivity index (χ2n) is 4.29. The number of hydrogen-bond acceptors (Lipinski definition) is 2. The monoisotopic (exact) mass is 337 g/mol. The molecule has 16 heavy (non-hydrogen) atoms. The molecule has 0 saturated heterocycles. The minimum absolute atomic E-state index is 0.388. The Bertz CT molecular complexity index is 381. The third-order valence-corrected chi connectivity index (χ3v) is 2.13. The first-order valence-electron chi connectivity index (χ1n) is 4.72. The largest absolute Gasteiger partial charge is 0.444 e. The van der Waals surface area contributed by atoms with Gasteiger partial charge in [0.1, 0.15) is 11.4 Å². The van der Waals surface area contributed by atoms with Crippen LogP contribution in [0, 0.1) is 9.39 Å². The Labute approximate surface area is 108 Å². The SMILES string of the molecule is CC(C)(C)OC(=O)Nc1cc(F)cc(I)c1. The number of nitrogens with one attached hydrogen (secondary N) is 1. The Hall–Kier alpha value is -0.850. The molecule has 1 amide bonds. The van der Waals surface area contributed by atoms with Crippen LogP contribution >= 0.6 is 22.6 Å². The Morgan fingerprint density at radius 1 is 1.38 bits per heavy atom. The summed E-state index contributed by atoms with van der Waals surface area (Å²) in [6.07, 6.45) is -0.589. The van der Waals surface area contributed by atoms with E-state index in [0.29, 0.717) is 9.26 Å². The highest BCUT2D eigenvalue weighted by Crippen LogP contribution is 2.17. The van der Waals surface area contributed by atoms with Gasteiger partial charge in [0, 0.05) is 9.26 Å². The van der Waals surface area contributed by atoms with E-state index in [-0.39, 0.29) is 0 Å². The highest BCUT2D eigenvalue weighted by molar-refractivity contribution is 14.1. The summed E-state index contributed by atoms with van der Waals surface area (Å²) >= 11 is 1.97. The standard InChI is InChI=1S/C11H13FINO2/c1-11(2,3)16-10(15)14-9-5-7(12)4-8(13)6-9/h4-6H,1-3H3,(H,14,15). The van der Waals surface area contributed by atoms with Crippen molar-refractivity contribution in [2.75, 3.05) is 5.32 Å². The third-order valence-electron chi connectivity index (χ3n) is 1.51. The lowest BCUT2D eigenvalue weighted by Crippen LogP contribution is -2.27. The van der Waals surface area contributed by atoms with Gasteiger partial charge in [-0.25, -0.2) is 9.18 Å². The summed E-state index contributed by atoms with van der Waals surface area (Å²) in [7, 11) is 0. The van der Waals surface area contributed by atoms with Crippen molar-refractivity contribution in [2.24, 2.45) is 0 Å². The van der Waals surface area contributed by atoms with Crippen molar-refractivity contribution in [3.05, 3.63) is 27.6 Å². The van der Waals surface area contributed by atoms with Gasteiger partial charge in [0.25, 0.3) is 0 Å². The van der Waals surface area contributed by atoms with Gasteiger partial charge in [-0.05, 0) is 61.6 Å². The predicted molar refractivity (Wildman–Crippen MR) is 69.0 cm³/mol. The molecule has 1 aromatic rings. The molecule has 5 heteroatoms. The van der Waals surface area contributed by atoms with Crippen LogP contribution in [0.4, 0.5) is 14.9 Å². The molecular formula is C11H13FINO2. The number of halogens is 2. The molecular weight excluding hydrogens is 324 g/mol. The summed E-state index contributed by atoms with van der Waals surface area (Å²) in [6, 6.07) is 4.28. The molecule has 0 fully saturated rings.